The van der Waals surface area contributed by atoms with E-state index in [1.54, 1.807) is 0 Å². The molecule has 0 aromatic heterocycles. The fourth-order valence-electron chi connectivity index (χ4n) is 2.20. The predicted molar refractivity (Wildman–Crippen MR) is 62.8 cm³/mol. The maximum atomic E-state index is 11.5. The lowest BCUT2D eigenvalue weighted by Crippen LogP contribution is -2.40. The summed E-state index contributed by atoms with van der Waals surface area (Å²) in [6.45, 7) is 8.20. The van der Waals surface area contributed by atoms with E-state index in [0.717, 1.165) is 19.5 Å². The van der Waals surface area contributed by atoms with E-state index in [4.69, 9.17) is 0 Å². The number of nitrogens with one attached hydrogen (secondary N) is 1. The molecule has 3 nitrogen and oxygen atoms in total. The minimum absolute atomic E-state index is 0.295. The number of amides is 1. The lowest BCUT2D eigenvalue weighted by Gasteiger charge is -2.21. The number of hydrogen-bond acceptors (Lipinski definition) is 2. The first kappa shape index (κ1) is 12.5. The molecule has 0 aromatic carbocycles. The molecule has 1 saturated heterocycles. The third kappa shape index (κ3) is 3.49. The summed E-state index contributed by atoms with van der Waals surface area (Å²) in [5.41, 5.74) is 0. The summed E-state index contributed by atoms with van der Waals surface area (Å²) in [6.07, 6.45) is 4.10. The van der Waals surface area contributed by atoms with Crippen LogP contribution in [0.15, 0.2) is 0 Å². The van der Waals surface area contributed by atoms with Crippen LogP contribution in [0.1, 0.15) is 46.5 Å². The molecule has 0 aromatic rings. The summed E-state index contributed by atoms with van der Waals surface area (Å²) in [4.78, 5) is 13.5. The highest BCUT2D eigenvalue weighted by Crippen LogP contribution is 2.12. The SMILES string of the molecule is CCC(=O)N1CCC(NC(CC)CC)C1. The highest BCUT2D eigenvalue weighted by Gasteiger charge is 2.25. The van der Waals surface area contributed by atoms with E-state index >= 15 is 0 Å². The lowest BCUT2D eigenvalue weighted by atomic mass is 10.1. The van der Waals surface area contributed by atoms with Crippen molar-refractivity contribution >= 4 is 5.91 Å². The van der Waals surface area contributed by atoms with E-state index in [1.165, 1.54) is 12.8 Å². The molecule has 0 spiro atoms. The van der Waals surface area contributed by atoms with Crippen LogP contribution in [0.5, 0.6) is 0 Å². The quantitative estimate of drug-likeness (QED) is 0.753. The summed E-state index contributed by atoms with van der Waals surface area (Å²) in [6, 6.07) is 1.14. The normalized spacial score (nSPS) is 21.3. The zero-order valence-electron chi connectivity index (χ0n) is 10.3. The van der Waals surface area contributed by atoms with Crippen molar-refractivity contribution in [1.82, 2.24) is 10.2 Å². The predicted octanol–water partition coefficient (Wildman–Crippen LogP) is 1.78. The standard InChI is InChI=1S/C12H24N2O/c1-4-10(5-2)13-11-7-8-14(9-11)12(15)6-3/h10-11,13H,4-9H2,1-3H3. The Morgan fingerprint density at radius 1 is 1.40 bits per heavy atom. The van der Waals surface area contributed by atoms with E-state index in [1.807, 2.05) is 11.8 Å². The molecule has 0 saturated carbocycles. The van der Waals surface area contributed by atoms with E-state index in [9.17, 15) is 4.79 Å². The Morgan fingerprint density at radius 2 is 2.07 bits per heavy atom. The van der Waals surface area contributed by atoms with Gasteiger partial charge < -0.3 is 10.2 Å². The average Bonchev–Trinajstić information content (AvgIpc) is 2.73. The smallest absolute Gasteiger partial charge is 0.222 e. The monoisotopic (exact) mass is 212 g/mol. The van der Waals surface area contributed by atoms with Gasteiger partial charge in [-0.25, -0.2) is 0 Å². The second-order valence-corrected chi connectivity index (χ2v) is 4.36. The van der Waals surface area contributed by atoms with Crippen molar-refractivity contribution in [2.75, 3.05) is 13.1 Å². The van der Waals surface area contributed by atoms with Crippen molar-refractivity contribution in [3.05, 3.63) is 0 Å². The fourth-order valence-corrected chi connectivity index (χ4v) is 2.20. The zero-order chi connectivity index (χ0) is 11.3. The number of rotatable bonds is 5. The third-order valence-corrected chi connectivity index (χ3v) is 3.30. The summed E-state index contributed by atoms with van der Waals surface area (Å²) in [7, 11) is 0. The van der Waals surface area contributed by atoms with Gasteiger partial charge in [-0.15, -0.1) is 0 Å². The Bertz CT molecular complexity index is 202. The van der Waals surface area contributed by atoms with Gasteiger partial charge in [-0.05, 0) is 19.3 Å². The van der Waals surface area contributed by atoms with E-state index in [2.05, 4.69) is 19.2 Å². The molecule has 3 heteroatoms. The Morgan fingerprint density at radius 3 is 2.60 bits per heavy atom. The molecule has 15 heavy (non-hydrogen) atoms. The van der Waals surface area contributed by atoms with Crippen LogP contribution in [0.2, 0.25) is 0 Å². The van der Waals surface area contributed by atoms with Crippen LogP contribution in [0.4, 0.5) is 0 Å². The highest BCUT2D eigenvalue weighted by atomic mass is 16.2. The van der Waals surface area contributed by atoms with Crippen LogP contribution in [0, 0.1) is 0 Å². The van der Waals surface area contributed by atoms with Gasteiger partial charge in [0, 0.05) is 31.6 Å². The Kier molecular flexibility index (Phi) is 5.09. The molecule has 1 amide bonds. The number of carbonyl (C=O) groups excluding carboxylic acids is 1. The van der Waals surface area contributed by atoms with E-state index < -0.39 is 0 Å². The number of hydrogen-bond donors (Lipinski definition) is 1. The van der Waals surface area contributed by atoms with Crippen molar-refractivity contribution in [3.8, 4) is 0 Å². The molecule has 1 rings (SSSR count). The maximum Gasteiger partial charge on any atom is 0.222 e. The van der Waals surface area contributed by atoms with Crippen LogP contribution in [-0.2, 0) is 4.79 Å². The third-order valence-electron chi connectivity index (χ3n) is 3.30. The molecule has 1 aliphatic rings. The van der Waals surface area contributed by atoms with Crippen molar-refractivity contribution < 1.29 is 4.79 Å². The van der Waals surface area contributed by atoms with Crippen molar-refractivity contribution in [1.29, 1.82) is 0 Å². The molecule has 1 unspecified atom stereocenters. The topological polar surface area (TPSA) is 32.3 Å². The lowest BCUT2D eigenvalue weighted by molar-refractivity contribution is -0.129. The van der Waals surface area contributed by atoms with Gasteiger partial charge in [0.2, 0.25) is 5.91 Å². The first-order valence-electron chi connectivity index (χ1n) is 6.25. The first-order chi connectivity index (χ1) is 7.21. The molecule has 0 radical (unpaired) electrons. The minimum Gasteiger partial charge on any atom is -0.341 e. The Balaban J connectivity index is 2.33. The Labute approximate surface area is 93.2 Å². The van der Waals surface area contributed by atoms with Gasteiger partial charge in [0.05, 0.1) is 0 Å². The van der Waals surface area contributed by atoms with Gasteiger partial charge in [0.1, 0.15) is 0 Å². The van der Waals surface area contributed by atoms with Gasteiger partial charge >= 0.3 is 0 Å². The molecule has 1 fully saturated rings. The molecule has 1 atom stereocenters. The first-order valence-corrected chi connectivity index (χ1v) is 6.25. The minimum atomic E-state index is 0.295. The van der Waals surface area contributed by atoms with Crippen LogP contribution in [-0.4, -0.2) is 36.0 Å². The largest absolute Gasteiger partial charge is 0.341 e. The average molecular weight is 212 g/mol. The maximum absolute atomic E-state index is 11.5. The molecular weight excluding hydrogens is 188 g/mol. The highest BCUT2D eigenvalue weighted by molar-refractivity contribution is 5.76. The second-order valence-electron chi connectivity index (χ2n) is 4.36. The summed E-state index contributed by atoms with van der Waals surface area (Å²) in [5.74, 6) is 0.295. The van der Waals surface area contributed by atoms with Crippen LogP contribution >= 0.6 is 0 Å². The van der Waals surface area contributed by atoms with Gasteiger partial charge in [0.15, 0.2) is 0 Å². The molecule has 1 aliphatic heterocycles. The fraction of sp³-hybridized carbons (Fsp3) is 0.917. The molecule has 88 valence electrons. The van der Waals surface area contributed by atoms with Gasteiger partial charge in [0.25, 0.3) is 0 Å². The molecule has 1 heterocycles. The van der Waals surface area contributed by atoms with E-state index in [-0.39, 0.29) is 0 Å². The number of nitrogens with zero attached hydrogens (tertiary/aromatic N) is 1. The van der Waals surface area contributed by atoms with Crippen molar-refractivity contribution in [2.24, 2.45) is 0 Å². The molecule has 0 bridgehead atoms. The molecular formula is C12H24N2O. The second kappa shape index (κ2) is 6.11. The van der Waals surface area contributed by atoms with Gasteiger partial charge in [-0.3, -0.25) is 4.79 Å². The number of likely N-dealkylation sites (tertiary alicyclic amines) is 1. The van der Waals surface area contributed by atoms with Crippen molar-refractivity contribution in [2.45, 2.75) is 58.5 Å². The summed E-state index contributed by atoms with van der Waals surface area (Å²) >= 11 is 0. The van der Waals surface area contributed by atoms with Gasteiger partial charge in [-0.2, -0.15) is 0 Å². The Hall–Kier alpha value is -0.570. The molecule has 1 N–H and O–H groups in total. The molecule has 0 aliphatic carbocycles. The summed E-state index contributed by atoms with van der Waals surface area (Å²) in [5, 5.41) is 3.63. The van der Waals surface area contributed by atoms with Gasteiger partial charge in [-0.1, -0.05) is 20.8 Å². The van der Waals surface area contributed by atoms with Crippen molar-refractivity contribution in [3.63, 3.8) is 0 Å². The van der Waals surface area contributed by atoms with Crippen LogP contribution in [0.3, 0.4) is 0 Å². The number of carbonyl (C=O) groups is 1. The van der Waals surface area contributed by atoms with E-state index in [0.29, 0.717) is 24.4 Å². The zero-order valence-corrected chi connectivity index (χ0v) is 10.3. The van der Waals surface area contributed by atoms with Crippen LogP contribution in [0.25, 0.3) is 0 Å². The van der Waals surface area contributed by atoms with Crippen LogP contribution < -0.4 is 5.32 Å². The summed E-state index contributed by atoms with van der Waals surface area (Å²) < 4.78 is 0.